The van der Waals surface area contributed by atoms with Crippen molar-refractivity contribution >= 4 is 16.6 Å². The van der Waals surface area contributed by atoms with Gasteiger partial charge in [0.15, 0.2) is 0 Å². The van der Waals surface area contributed by atoms with Gasteiger partial charge >= 0.3 is 16.6 Å². The largest absolute Gasteiger partial charge is 0.396 e. The van der Waals surface area contributed by atoms with Crippen molar-refractivity contribution in [2.24, 2.45) is 0 Å². The van der Waals surface area contributed by atoms with Crippen molar-refractivity contribution in [1.82, 2.24) is 0 Å². The molecular formula is C6H16OSi2+2. The molecule has 1 nitrogen and oxygen atoms in total. The molecule has 0 aromatic rings. The monoisotopic (exact) mass is 160 g/mol. The molecule has 0 aromatic heterocycles. The normalized spacial score (nSPS) is 13.8. The third-order valence-electron chi connectivity index (χ3n) is 0.553. The fraction of sp³-hybridized carbons (Fsp3) is 0.667. The molecule has 0 fully saturated rings. The molecule has 0 aliphatic heterocycles. The van der Waals surface area contributed by atoms with E-state index in [9.17, 15) is 0 Å². The summed E-state index contributed by atoms with van der Waals surface area (Å²) in [6.07, 6.45) is 0. The molecule has 0 spiro atoms. The molecule has 0 unspecified atom stereocenters. The minimum Gasteiger partial charge on any atom is -0.385 e. The standard InChI is InChI=1S/C6H16OSi2/c1-8(2,3)7-9(4,5)6/h1,4H2,2-3,5-6H3/q+2. The Hall–Kier alpha value is 0.134. The van der Waals surface area contributed by atoms with E-state index in [1.54, 1.807) is 0 Å². The van der Waals surface area contributed by atoms with Gasteiger partial charge in [-0.25, -0.2) is 0 Å². The first-order valence-electron chi connectivity index (χ1n) is 3.12. The van der Waals surface area contributed by atoms with Crippen LogP contribution in [-0.4, -0.2) is 16.6 Å². The molecule has 0 amide bonds. The van der Waals surface area contributed by atoms with Crippen molar-refractivity contribution in [3.8, 4) is 0 Å². The first-order chi connectivity index (χ1) is 3.71. The molecule has 0 saturated heterocycles. The molecule has 0 heterocycles. The van der Waals surface area contributed by atoms with Crippen molar-refractivity contribution in [2.45, 2.75) is 26.2 Å². The summed E-state index contributed by atoms with van der Waals surface area (Å²) in [4.78, 5) is 0. The third-order valence-corrected chi connectivity index (χ3v) is 4.97. The Balaban J connectivity index is 3.75. The molecule has 0 aromatic carbocycles. The fourth-order valence-corrected chi connectivity index (χ4v) is 6.73. The highest BCUT2D eigenvalue weighted by molar-refractivity contribution is 6.86. The van der Waals surface area contributed by atoms with E-state index >= 15 is 0 Å². The minimum atomic E-state index is -1.54. The second kappa shape index (κ2) is 2.40. The second-order valence-corrected chi connectivity index (χ2v) is 11.5. The summed E-state index contributed by atoms with van der Waals surface area (Å²) in [6.45, 7) is 16.3. The van der Waals surface area contributed by atoms with Gasteiger partial charge in [0.2, 0.25) is 0 Å². The molecule has 0 radical (unpaired) electrons. The predicted octanol–water partition coefficient (Wildman–Crippen LogP) is 2.16. The zero-order valence-electron chi connectivity index (χ0n) is 6.82. The van der Waals surface area contributed by atoms with Crippen LogP contribution >= 0.6 is 0 Å². The van der Waals surface area contributed by atoms with Gasteiger partial charge in [-0.3, -0.25) is 0 Å². The maximum Gasteiger partial charge on any atom is 0.396 e. The SMILES string of the molecule is [CH2+][Si](C)(C)O[Si]([CH2+])(C)C. The van der Waals surface area contributed by atoms with E-state index in [1.807, 2.05) is 0 Å². The average Bonchev–Trinajstić information content (AvgIpc) is 1.14. The van der Waals surface area contributed by atoms with Gasteiger partial charge in [0.05, 0.1) is 0 Å². The van der Waals surface area contributed by atoms with Gasteiger partial charge in [-0.2, -0.15) is 0 Å². The Kier molecular flexibility index (Phi) is 2.44. The van der Waals surface area contributed by atoms with E-state index in [0.29, 0.717) is 0 Å². The predicted molar refractivity (Wildman–Crippen MR) is 46.8 cm³/mol. The van der Waals surface area contributed by atoms with Crippen LogP contribution in [0.3, 0.4) is 0 Å². The molecule has 0 aliphatic carbocycles. The summed E-state index contributed by atoms with van der Waals surface area (Å²) in [6, 6.07) is 0. The molecule has 0 atom stereocenters. The van der Waals surface area contributed by atoms with Gasteiger partial charge in [-0.15, -0.1) is 0 Å². The molecule has 9 heavy (non-hydrogen) atoms. The molecule has 0 aliphatic rings. The van der Waals surface area contributed by atoms with Gasteiger partial charge in [0.25, 0.3) is 0 Å². The molecular weight excluding hydrogens is 144 g/mol. The first kappa shape index (κ1) is 9.13. The van der Waals surface area contributed by atoms with E-state index in [-0.39, 0.29) is 0 Å². The molecule has 0 saturated carbocycles. The molecule has 0 N–H and O–H groups in total. The number of rotatable bonds is 2. The summed E-state index contributed by atoms with van der Waals surface area (Å²) >= 11 is 0. The van der Waals surface area contributed by atoms with Gasteiger partial charge in [0.1, 0.15) is 0 Å². The van der Waals surface area contributed by atoms with E-state index in [2.05, 4.69) is 39.3 Å². The van der Waals surface area contributed by atoms with Gasteiger partial charge in [0, 0.05) is 13.1 Å². The van der Waals surface area contributed by atoms with E-state index in [0.717, 1.165) is 0 Å². The minimum absolute atomic E-state index is 1.54. The Morgan fingerprint density at radius 3 is 1.11 bits per heavy atom. The molecule has 0 bridgehead atoms. The second-order valence-electron chi connectivity index (χ2n) is 3.62. The molecule has 3 heteroatoms. The van der Waals surface area contributed by atoms with E-state index in [4.69, 9.17) is 4.12 Å². The summed E-state index contributed by atoms with van der Waals surface area (Å²) < 4.78 is 5.68. The van der Waals surface area contributed by atoms with Gasteiger partial charge in [-0.05, 0) is 26.2 Å². The third kappa shape index (κ3) is 8.13. The van der Waals surface area contributed by atoms with Crippen LogP contribution in [-0.2, 0) is 4.12 Å². The number of hydrogen-bond acceptors (Lipinski definition) is 1. The summed E-state index contributed by atoms with van der Waals surface area (Å²) in [5.74, 6) is 0. The van der Waals surface area contributed by atoms with Gasteiger partial charge in [-0.1, -0.05) is 0 Å². The van der Waals surface area contributed by atoms with Crippen LogP contribution in [0.25, 0.3) is 0 Å². The maximum atomic E-state index is 5.68. The van der Waals surface area contributed by atoms with Crippen molar-refractivity contribution in [1.29, 1.82) is 0 Å². The van der Waals surface area contributed by atoms with Crippen LogP contribution in [0.1, 0.15) is 0 Å². The lowest BCUT2D eigenvalue weighted by Gasteiger charge is -2.14. The number of hydrogen-bond donors (Lipinski definition) is 0. The summed E-state index contributed by atoms with van der Waals surface area (Å²) in [5.41, 5.74) is 0. The van der Waals surface area contributed by atoms with Crippen molar-refractivity contribution in [3.05, 3.63) is 13.1 Å². The fourth-order valence-electron chi connectivity index (χ4n) is 0.748. The maximum absolute atomic E-state index is 5.68. The van der Waals surface area contributed by atoms with Crippen LogP contribution in [0.4, 0.5) is 0 Å². The lowest BCUT2D eigenvalue weighted by atomic mass is 11.8. The van der Waals surface area contributed by atoms with Crippen molar-refractivity contribution in [2.75, 3.05) is 0 Å². The van der Waals surface area contributed by atoms with E-state index < -0.39 is 16.6 Å². The summed E-state index contributed by atoms with van der Waals surface area (Å²) in [5, 5.41) is 0. The smallest absolute Gasteiger partial charge is 0.385 e. The van der Waals surface area contributed by atoms with Crippen LogP contribution in [0.15, 0.2) is 0 Å². The zero-order chi connectivity index (χ0) is 7.71. The molecule has 52 valence electrons. The van der Waals surface area contributed by atoms with Crippen LogP contribution in [0.2, 0.25) is 26.2 Å². The lowest BCUT2D eigenvalue weighted by Crippen LogP contribution is -2.40. The highest BCUT2D eigenvalue weighted by Crippen LogP contribution is 2.10. The quantitative estimate of drug-likeness (QED) is 0.444. The van der Waals surface area contributed by atoms with Crippen LogP contribution < -0.4 is 0 Å². The zero-order valence-corrected chi connectivity index (χ0v) is 8.82. The average molecular weight is 160 g/mol. The highest BCUT2D eigenvalue weighted by atomic mass is 28.4. The Morgan fingerprint density at radius 1 is 0.889 bits per heavy atom. The van der Waals surface area contributed by atoms with Gasteiger partial charge < -0.3 is 4.12 Å². The van der Waals surface area contributed by atoms with Crippen LogP contribution in [0, 0.1) is 13.1 Å². The Bertz CT molecular complexity index is 76.2. The topological polar surface area (TPSA) is 9.23 Å². The van der Waals surface area contributed by atoms with Crippen molar-refractivity contribution in [3.63, 3.8) is 0 Å². The Morgan fingerprint density at radius 2 is 1.11 bits per heavy atom. The lowest BCUT2D eigenvalue weighted by molar-refractivity contribution is 0.570. The van der Waals surface area contributed by atoms with E-state index in [1.165, 1.54) is 0 Å². The first-order valence-corrected chi connectivity index (χ1v) is 9.35. The Labute approximate surface area is 60.7 Å². The highest BCUT2D eigenvalue weighted by Gasteiger charge is 2.39. The molecule has 0 rings (SSSR count). The van der Waals surface area contributed by atoms with Crippen LogP contribution in [0.5, 0.6) is 0 Å². The summed E-state index contributed by atoms with van der Waals surface area (Å²) in [7, 11) is -3.09. The van der Waals surface area contributed by atoms with Crippen molar-refractivity contribution < 1.29 is 4.12 Å².